The van der Waals surface area contributed by atoms with Gasteiger partial charge in [0.1, 0.15) is 13.1 Å². The molecule has 1 saturated heterocycles. The second-order valence-corrected chi connectivity index (χ2v) is 4.52. The summed E-state index contributed by atoms with van der Waals surface area (Å²) >= 11 is 3.32. The first kappa shape index (κ1) is 12.8. The smallest absolute Gasteiger partial charge is 0.254 e. The standard InChI is InChI=1S/C12H11BrN2O3/c13-5-8-1-3-9(4-2-8)12(18)15-6-10(16)14-11(17)7-15/h1-4H,5-7H2,(H,14,16,17). The zero-order valence-electron chi connectivity index (χ0n) is 9.48. The van der Waals surface area contributed by atoms with Gasteiger partial charge in [0.05, 0.1) is 0 Å². The Morgan fingerprint density at radius 2 is 1.72 bits per heavy atom. The van der Waals surface area contributed by atoms with Crippen LogP contribution in [0.3, 0.4) is 0 Å². The Kier molecular flexibility index (Phi) is 3.76. The molecule has 0 aromatic heterocycles. The molecule has 18 heavy (non-hydrogen) atoms. The summed E-state index contributed by atoms with van der Waals surface area (Å²) in [5, 5.41) is 2.87. The summed E-state index contributed by atoms with van der Waals surface area (Å²) in [6.07, 6.45) is 0. The molecular weight excluding hydrogens is 300 g/mol. The van der Waals surface area contributed by atoms with Crippen LogP contribution in [-0.2, 0) is 14.9 Å². The molecular formula is C12H11BrN2O3. The highest BCUT2D eigenvalue weighted by atomic mass is 79.9. The van der Waals surface area contributed by atoms with Crippen LogP contribution in [-0.4, -0.2) is 35.7 Å². The molecule has 94 valence electrons. The molecule has 1 aliphatic rings. The number of nitrogens with one attached hydrogen (secondary N) is 1. The van der Waals surface area contributed by atoms with E-state index in [1.54, 1.807) is 12.1 Å². The van der Waals surface area contributed by atoms with Gasteiger partial charge in [-0.2, -0.15) is 0 Å². The number of halogens is 1. The van der Waals surface area contributed by atoms with Gasteiger partial charge in [-0.3, -0.25) is 19.7 Å². The van der Waals surface area contributed by atoms with Crippen LogP contribution in [0, 0.1) is 0 Å². The Labute approximate surface area is 112 Å². The third-order valence-corrected chi connectivity index (χ3v) is 3.24. The van der Waals surface area contributed by atoms with E-state index in [9.17, 15) is 14.4 Å². The van der Waals surface area contributed by atoms with Crippen molar-refractivity contribution in [3.63, 3.8) is 0 Å². The number of hydrogen-bond acceptors (Lipinski definition) is 3. The number of rotatable bonds is 2. The minimum atomic E-state index is -0.448. The molecule has 0 saturated carbocycles. The lowest BCUT2D eigenvalue weighted by molar-refractivity contribution is -0.135. The van der Waals surface area contributed by atoms with Crippen LogP contribution in [0.2, 0.25) is 0 Å². The fraction of sp³-hybridized carbons (Fsp3) is 0.250. The number of benzene rings is 1. The largest absolute Gasteiger partial charge is 0.320 e. The van der Waals surface area contributed by atoms with E-state index in [4.69, 9.17) is 0 Å². The van der Waals surface area contributed by atoms with Gasteiger partial charge in [-0.15, -0.1) is 0 Å². The topological polar surface area (TPSA) is 66.5 Å². The summed E-state index contributed by atoms with van der Waals surface area (Å²) in [7, 11) is 0. The lowest BCUT2D eigenvalue weighted by Gasteiger charge is -2.25. The lowest BCUT2D eigenvalue weighted by atomic mass is 10.1. The molecule has 2 rings (SSSR count). The first-order valence-electron chi connectivity index (χ1n) is 5.37. The first-order chi connectivity index (χ1) is 8.60. The fourth-order valence-corrected chi connectivity index (χ4v) is 2.07. The van der Waals surface area contributed by atoms with Crippen LogP contribution in [0.1, 0.15) is 15.9 Å². The Morgan fingerprint density at radius 1 is 1.17 bits per heavy atom. The molecule has 0 bridgehead atoms. The van der Waals surface area contributed by atoms with Crippen LogP contribution in [0.5, 0.6) is 0 Å². The number of carbonyl (C=O) groups excluding carboxylic acids is 3. The van der Waals surface area contributed by atoms with Crippen LogP contribution in [0.4, 0.5) is 0 Å². The van der Waals surface area contributed by atoms with Crippen molar-refractivity contribution in [3.8, 4) is 0 Å². The molecule has 1 heterocycles. The van der Waals surface area contributed by atoms with Crippen LogP contribution in [0.15, 0.2) is 24.3 Å². The monoisotopic (exact) mass is 310 g/mol. The van der Waals surface area contributed by atoms with E-state index >= 15 is 0 Å². The quantitative estimate of drug-likeness (QED) is 0.645. The van der Waals surface area contributed by atoms with E-state index in [0.29, 0.717) is 10.9 Å². The van der Waals surface area contributed by atoms with Crippen LogP contribution in [0.25, 0.3) is 0 Å². The first-order valence-corrected chi connectivity index (χ1v) is 6.49. The molecule has 0 spiro atoms. The van der Waals surface area contributed by atoms with Crippen molar-refractivity contribution in [2.45, 2.75) is 5.33 Å². The minimum absolute atomic E-state index is 0.0786. The molecule has 0 unspecified atom stereocenters. The zero-order valence-corrected chi connectivity index (χ0v) is 11.1. The van der Waals surface area contributed by atoms with Gasteiger partial charge in [-0.05, 0) is 17.7 Å². The van der Waals surface area contributed by atoms with Crippen molar-refractivity contribution >= 4 is 33.7 Å². The van der Waals surface area contributed by atoms with Gasteiger partial charge in [0, 0.05) is 10.9 Å². The molecule has 1 aromatic rings. The third-order valence-electron chi connectivity index (χ3n) is 2.59. The van der Waals surface area contributed by atoms with Crippen molar-refractivity contribution in [1.29, 1.82) is 0 Å². The average molecular weight is 311 g/mol. The van der Waals surface area contributed by atoms with E-state index in [0.717, 1.165) is 5.56 Å². The number of piperazine rings is 1. The van der Waals surface area contributed by atoms with Gasteiger partial charge >= 0.3 is 0 Å². The second-order valence-electron chi connectivity index (χ2n) is 3.96. The Bertz CT molecular complexity index is 483. The third kappa shape index (κ3) is 2.76. The van der Waals surface area contributed by atoms with Crippen LogP contribution >= 0.6 is 15.9 Å². The highest BCUT2D eigenvalue weighted by Gasteiger charge is 2.26. The highest BCUT2D eigenvalue weighted by Crippen LogP contribution is 2.11. The molecule has 1 aromatic carbocycles. The maximum Gasteiger partial charge on any atom is 0.254 e. The van der Waals surface area contributed by atoms with E-state index in [-0.39, 0.29) is 19.0 Å². The van der Waals surface area contributed by atoms with Crippen molar-refractivity contribution in [3.05, 3.63) is 35.4 Å². The molecule has 6 heteroatoms. The van der Waals surface area contributed by atoms with Crippen molar-refractivity contribution < 1.29 is 14.4 Å². The van der Waals surface area contributed by atoms with Gasteiger partial charge in [-0.25, -0.2) is 0 Å². The number of alkyl halides is 1. The maximum atomic E-state index is 12.1. The molecule has 5 nitrogen and oxygen atoms in total. The van der Waals surface area contributed by atoms with Gasteiger partial charge in [0.2, 0.25) is 11.8 Å². The molecule has 0 radical (unpaired) electrons. The Balaban J connectivity index is 2.14. The fourth-order valence-electron chi connectivity index (χ4n) is 1.70. The van der Waals surface area contributed by atoms with Gasteiger partial charge < -0.3 is 4.90 Å². The Morgan fingerprint density at radius 3 is 2.22 bits per heavy atom. The van der Waals surface area contributed by atoms with E-state index in [2.05, 4.69) is 21.2 Å². The number of nitrogens with zero attached hydrogens (tertiary/aromatic N) is 1. The average Bonchev–Trinajstić information content (AvgIpc) is 2.37. The number of amides is 3. The van der Waals surface area contributed by atoms with Crippen molar-refractivity contribution in [1.82, 2.24) is 10.2 Å². The zero-order chi connectivity index (χ0) is 13.1. The summed E-state index contributed by atoms with van der Waals surface area (Å²) in [6.45, 7) is -0.157. The van der Waals surface area contributed by atoms with Gasteiger partial charge in [0.25, 0.3) is 5.91 Å². The van der Waals surface area contributed by atoms with Crippen LogP contribution < -0.4 is 5.32 Å². The van der Waals surface area contributed by atoms with Gasteiger partial charge in [-0.1, -0.05) is 28.1 Å². The number of imide groups is 1. The number of carbonyl (C=O) groups is 3. The molecule has 0 aliphatic carbocycles. The summed E-state index contributed by atoms with van der Waals surface area (Å²) in [5.41, 5.74) is 1.53. The molecule has 1 N–H and O–H groups in total. The van der Waals surface area contributed by atoms with E-state index in [1.807, 2.05) is 12.1 Å². The second kappa shape index (κ2) is 5.30. The summed E-state index contributed by atoms with van der Waals surface area (Å²) in [6, 6.07) is 7.04. The normalized spacial score (nSPS) is 15.5. The summed E-state index contributed by atoms with van der Waals surface area (Å²) in [4.78, 5) is 35.7. The predicted molar refractivity (Wildman–Crippen MR) is 68.1 cm³/mol. The SMILES string of the molecule is O=C1CN(C(=O)c2ccc(CBr)cc2)CC(=O)N1. The van der Waals surface area contributed by atoms with Crippen molar-refractivity contribution in [2.24, 2.45) is 0 Å². The molecule has 3 amide bonds. The van der Waals surface area contributed by atoms with E-state index < -0.39 is 11.8 Å². The minimum Gasteiger partial charge on any atom is -0.320 e. The summed E-state index contributed by atoms with van der Waals surface area (Å²) in [5.74, 6) is -1.20. The highest BCUT2D eigenvalue weighted by molar-refractivity contribution is 9.08. The summed E-state index contributed by atoms with van der Waals surface area (Å²) < 4.78 is 0. The number of hydrogen-bond donors (Lipinski definition) is 1. The molecule has 1 fully saturated rings. The maximum absolute atomic E-state index is 12.1. The van der Waals surface area contributed by atoms with Gasteiger partial charge in [0.15, 0.2) is 0 Å². The van der Waals surface area contributed by atoms with Crippen molar-refractivity contribution in [2.75, 3.05) is 13.1 Å². The lowest BCUT2D eigenvalue weighted by Crippen LogP contribution is -2.53. The predicted octanol–water partition coefficient (Wildman–Crippen LogP) is 0.680. The Hall–Kier alpha value is -1.69. The molecule has 1 aliphatic heterocycles. The van der Waals surface area contributed by atoms with E-state index in [1.165, 1.54) is 4.90 Å². The molecule has 0 atom stereocenters.